The Balaban J connectivity index is 1.65. The zero-order valence-electron chi connectivity index (χ0n) is 9.87. The van der Waals surface area contributed by atoms with Gasteiger partial charge in [-0.05, 0) is 11.6 Å². The molecule has 2 aromatic rings. The molecule has 1 radical (unpaired) electrons. The van der Waals surface area contributed by atoms with Gasteiger partial charge in [0.1, 0.15) is 6.26 Å². The quantitative estimate of drug-likeness (QED) is 0.814. The maximum Gasteiger partial charge on any atom is 0.244 e. The summed E-state index contributed by atoms with van der Waals surface area (Å²) in [5.74, 6) is 0.782. The summed E-state index contributed by atoms with van der Waals surface area (Å²) in [5.41, 5.74) is 2.22. The highest BCUT2D eigenvalue weighted by Gasteiger charge is 2.20. The summed E-state index contributed by atoms with van der Waals surface area (Å²) in [6.45, 7) is 0. The van der Waals surface area contributed by atoms with Gasteiger partial charge in [0.15, 0.2) is 5.76 Å². The Hall–Kier alpha value is -2.22. The van der Waals surface area contributed by atoms with E-state index in [2.05, 4.69) is 18.2 Å². The molecule has 0 fully saturated rings. The molecule has 2 heteroatoms. The number of ether oxygens (including phenoxy) is 2. The minimum Gasteiger partial charge on any atom is -0.458 e. The molecule has 0 aromatic heterocycles. The molecule has 0 aliphatic carbocycles. The van der Waals surface area contributed by atoms with E-state index in [0.717, 1.165) is 17.7 Å². The van der Waals surface area contributed by atoms with E-state index in [9.17, 15) is 0 Å². The van der Waals surface area contributed by atoms with E-state index in [1.165, 1.54) is 5.56 Å². The number of rotatable bonds is 3. The maximum atomic E-state index is 5.78. The van der Waals surface area contributed by atoms with Gasteiger partial charge in [0.25, 0.3) is 0 Å². The first kappa shape index (κ1) is 10.9. The molecule has 1 aliphatic rings. The van der Waals surface area contributed by atoms with Gasteiger partial charge in [0.2, 0.25) is 6.29 Å². The van der Waals surface area contributed by atoms with Crippen molar-refractivity contribution in [1.29, 1.82) is 0 Å². The minimum atomic E-state index is -0.230. The van der Waals surface area contributed by atoms with Crippen LogP contribution in [-0.2, 0) is 15.9 Å². The highest BCUT2D eigenvalue weighted by atomic mass is 16.7. The summed E-state index contributed by atoms with van der Waals surface area (Å²) >= 11 is 0. The molecule has 1 heterocycles. The molecule has 3 rings (SSSR count). The van der Waals surface area contributed by atoms with Gasteiger partial charge in [0, 0.05) is 12.0 Å². The van der Waals surface area contributed by atoms with Crippen molar-refractivity contribution >= 4 is 5.76 Å². The summed E-state index contributed by atoms with van der Waals surface area (Å²) in [7, 11) is 0. The van der Waals surface area contributed by atoms with Crippen molar-refractivity contribution in [2.24, 2.45) is 0 Å². The van der Waals surface area contributed by atoms with Gasteiger partial charge in [-0.1, -0.05) is 54.6 Å². The van der Waals surface area contributed by atoms with Gasteiger partial charge < -0.3 is 9.47 Å². The predicted octanol–water partition coefficient (Wildman–Crippen LogP) is 3.40. The third kappa shape index (κ3) is 2.38. The lowest BCUT2D eigenvalue weighted by atomic mass is 10.1. The van der Waals surface area contributed by atoms with E-state index in [1.54, 1.807) is 6.26 Å². The van der Waals surface area contributed by atoms with E-state index < -0.39 is 0 Å². The van der Waals surface area contributed by atoms with Crippen molar-refractivity contribution < 1.29 is 9.47 Å². The van der Waals surface area contributed by atoms with Gasteiger partial charge in [-0.3, -0.25) is 0 Å². The molecule has 0 spiro atoms. The van der Waals surface area contributed by atoms with E-state index in [1.807, 2.05) is 42.5 Å². The monoisotopic (exact) mass is 237 g/mol. The zero-order valence-corrected chi connectivity index (χ0v) is 9.87. The second-order valence-corrected chi connectivity index (χ2v) is 4.14. The summed E-state index contributed by atoms with van der Waals surface area (Å²) < 4.78 is 11.3. The van der Waals surface area contributed by atoms with Crippen molar-refractivity contribution in [3.63, 3.8) is 0 Å². The van der Waals surface area contributed by atoms with Crippen molar-refractivity contribution in [1.82, 2.24) is 0 Å². The molecule has 0 saturated heterocycles. The molecular formula is C16H13O2. The molecule has 18 heavy (non-hydrogen) atoms. The SMILES string of the molecule is [c]1ccc(C2=COC(Cc3ccccc3)O2)cc1. The second-order valence-electron chi connectivity index (χ2n) is 4.14. The summed E-state index contributed by atoms with van der Waals surface area (Å²) in [6, 6.07) is 20.8. The molecule has 0 bridgehead atoms. The lowest BCUT2D eigenvalue weighted by molar-refractivity contribution is -0.0136. The number of hydrogen-bond acceptors (Lipinski definition) is 2. The van der Waals surface area contributed by atoms with Crippen LogP contribution in [0.25, 0.3) is 5.76 Å². The Kier molecular flexibility index (Phi) is 3.01. The number of hydrogen-bond donors (Lipinski definition) is 0. The summed E-state index contributed by atoms with van der Waals surface area (Å²) in [5, 5.41) is 0. The largest absolute Gasteiger partial charge is 0.458 e. The Morgan fingerprint density at radius 3 is 2.56 bits per heavy atom. The molecule has 1 atom stereocenters. The smallest absolute Gasteiger partial charge is 0.244 e. The predicted molar refractivity (Wildman–Crippen MR) is 69.4 cm³/mol. The fraction of sp³-hybridized carbons (Fsp3) is 0.125. The fourth-order valence-electron chi connectivity index (χ4n) is 1.92. The Bertz CT molecular complexity index is 532. The Morgan fingerprint density at radius 1 is 1.00 bits per heavy atom. The van der Waals surface area contributed by atoms with Gasteiger partial charge in [-0.2, -0.15) is 0 Å². The highest BCUT2D eigenvalue weighted by Crippen LogP contribution is 2.25. The van der Waals surface area contributed by atoms with Crippen LogP contribution in [0.3, 0.4) is 0 Å². The first-order chi connectivity index (χ1) is 8.92. The van der Waals surface area contributed by atoms with Gasteiger partial charge >= 0.3 is 0 Å². The maximum absolute atomic E-state index is 5.78. The summed E-state index contributed by atoms with van der Waals surface area (Å²) in [6.07, 6.45) is 2.20. The van der Waals surface area contributed by atoms with Crippen molar-refractivity contribution in [3.05, 3.63) is 78.1 Å². The van der Waals surface area contributed by atoms with E-state index in [0.29, 0.717) is 0 Å². The van der Waals surface area contributed by atoms with Gasteiger partial charge in [-0.25, -0.2) is 0 Å². The average Bonchev–Trinajstić information content (AvgIpc) is 2.89. The lowest BCUT2D eigenvalue weighted by Gasteiger charge is -2.11. The van der Waals surface area contributed by atoms with Gasteiger partial charge in [0.05, 0.1) is 0 Å². The van der Waals surface area contributed by atoms with Crippen LogP contribution in [0.4, 0.5) is 0 Å². The zero-order chi connectivity index (χ0) is 12.2. The van der Waals surface area contributed by atoms with Crippen LogP contribution in [0.2, 0.25) is 0 Å². The standard InChI is InChI=1S/C16H13O2/c1-3-7-13(8-4-1)11-16-17-12-15(18-16)14-9-5-2-6-10-14/h1,3-10,12,16H,11H2. The third-order valence-corrected chi connectivity index (χ3v) is 2.83. The van der Waals surface area contributed by atoms with Crippen molar-refractivity contribution in [3.8, 4) is 0 Å². The Morgan fingerprint density at radius 2 is 1.78 bits per heavy atom. The van der Waals surface area contributed by atoms with E-state index in [-0.39, 0.29) is 6.29 Å². The normalized spacial score (nSPS) is 17.8. The van der Waals surface area contributed by atoms with Crippen LogP contribution in [0.1, 0.15) is 11.1 Å². The molecule has 0 saturated carbocycles. The molecule has 1 unspecified atom stereocenters. The third-order valence-electron chi connectivity index (χ3n) is 2.83. The first-order valence-corrected chi connectivity index (χ1v) is 5.94. The van der Waals surface area contributed by atoms with Crippen molar-refractivity contribution in [2.75, 3.05) is 0 Å². The second kappa shape index (κ2) is 4.96. The molecule has 1 aliphatic heterocycles. The lowest BCUT2D eigenvalue weighted by Crippen LogP contribution is -2.11. The van der Waals surface area contributed by atoms with E-state index >= 15 is 0 Å². The van der Waals surface area contributed by atoms with Crippen molar-refractivity contribution in [2.45, 2.75) is 12.7 Å². The van der Waals surface area contributed by atoms with Crippen LogP contribution in [0, 0.1) is 6.07 Å². The molecule has 0 amide bonds. The molecule has 2 aromatic carbocycles. The van der Waals surface area contributed by atoms with Crippen LogP contribution < -0.4 is 0 Å². The molecular weight excluding hydrogens is 224 g/mol. The molecule has 0 N–H and O–H groups in total. The highest BCUT2D eigenvalue weighted by molar-refractivity contribution is 5.59. The summed E-state index contributed by atoms with van der Waals surface area (Å²) in [4.78, 5) is 0. The first-order valence-electron chi connectivity index (χ1n) is 5.94. The van der Waals surface area contributed by atoms with Gasteiger partial charge in [-0.15, -0.1) is 0 Å². The number of benzene rings is 2. The average molecular weight is 237 g/mol. The van der Waals surface area contributed by atoms with Crippen LogP contribution in [0.15, 0.2) is 60.9 Å². The molecule has 2 nitrogen and oxygen atoms in total. The van der Waals surface area contributed by atoms with Crippen LogP contribution >= 0.6 is 0 Å². The topological polar surface area (TPSA) is 18.5 Å². The minimum absolute atomic E-state index is 0.230. The van der Waals surface area contributed by atoms with Crippen LogP contribution in [-0.4, -0.2) is 6.29 Å². The van der Waals surface area contributed by atoms with E-state index in [4.69, 9.17) is 9.47 Å². The van der Waals surface area contributed by atoms with Crippen LogP contribution in [0.5, 0.6) is 0 Å². The molecule has 89 valence electrons. The fourth-order valence-corrected chi connectivity index (χ4v) is 1.92. The Labute approximate surface area is 106 Å².